The summed E-state index contributed by atoms with van der Waals surface area (Å²) in [5.74, 6) is 0.684. The average Bonchev–Trinajstić information content (AvgIpc) is 3.21. The van der Waals surface area contributed by atoms with Crippen molar-refractivity contribution in [3.05, 3.63) is 65.2 Å². The maximum absolute atomic E-state index is 12.7. The predicted molar refractivity (Wildman–Crippen MR) is 123 cm³/mol. The minimum atomic E-state index is -0.203. The van der Waals surface area contributed by atoms with E-state index in [0.717, 1.165) is 43.5 Å². The lowest BCUT2D eigenvalue weighted by Crippen LogP contribution is -2.48. The van der Waals surface area contributed by atoms with E-state index in [1.807, 2.05) is 36.1 Å². The number of piperidine rings is 1. The number of rotatable bonds is 5. The van der Waals surface area contributed by atoms with E-state index < -0.39 is 0 Å². The molecule has 0 saturated carbocycles. The van der Waals surface area contributed by atoms with Crippen molar-refractivity contribution in [1.29, 1.82) is 0 Å². The van der Waals surface area contributed by atoms with E-state index in [-0.39, 0.29) is 18.0 Å². The lowest BCUT2D eigenvalue weighted by atomic mass is 9.98. The number of aryl methyl sites for hydroxylation is 2. The van der Waals surface area contributed by atoms with E-state index >= 15 is 0 Å². The van der Waals surface area contributed by atoms with Crippen LogP contribution in [0.15, 0.2) is 48.5 Å². The number of anilines is 1. The van der Waals surface area contributed by atoms with Crippen LogP contribution in [0.3, 0.4) is 0 Å². The van der Waals surface area contributed by atoms with Crippen LogP contribution in [-0.4, -0.2) is 43.1 Å². The number of fused-ring (bicyclic) bond motifs is 1. The van der Waals surface area contributed by atoms with Gasteiger partial charge in [-0.1, -0.05) is 42.0 Å². The highest BCUT2D eigenvalue weighted by molar-refractivity contribution is 5.89. The third-order valence-corrected chi connectivity index (χ3v) is 6.42. The molecule has 1 heterocycles. The number of likely N-dealkylation sites (tertiary alicyclic amines) is 1. The minimum absolute atomic E-state index is 0.0122. The Balaban J connectivity index is 1.20. The zero-order valence-electron chi connectivity index (χ0n) is 18.2. The largest absolute Gasteiger partial charge is 0.338 e. The van der Waals surface area contributed by atoms with Crippen LogP contribution in [-0.2, 0) is 6.42 Å². The fourth-order valence-electron chi connectivity index (χ4n) is 4.65. The van der Waals surface area contributed by atoms with Crippen molar-refractivity contribution in [3.8, 4) is 0 Å². The van der Waals surface area contributed by atoms with Gasteiger partial charge in [0.15, 0.2) is 0 Å². The fourth-order valence-corrected chi connectivity index (χ4v) is 4.65. The highest BCUT2D eigenvalue weighted by Gasteiger charge is 2.26. The molecule has 4 amide bonds. The van der Waals surface area contributed by atoms with Crippen LogP contribution >= 0.6 is 0 Å². The van der Waals surface area contributed by atoms with Crippen molar-refractivity contribution in [3.63, 3.8) is 0 Å². The van der Waals surface area contributed by atoms with Crippen LogP contribution in [0.1, 0.15) is 41.9 Å². The smallest absolute Gasteiger partial charge is 0.319 e. The lowest BCUT2D eigenvalue weighted by molar-refractivity contribution is 0.164. The Morgan fingerprint density at radius 1 is 1.00 bits per heavy atom. The maximum Gasteiger partial charge on any atom is 0.319 e. The molecule has 2 aromatic carbocycles. The monoisotopic (exact) mass is 420 g/mol. The normalized spacial score (nSPS) is 20.1. The Kier molecular flexibility index (Phi) is 6.75. The summed E-state index contributed by atoms with van der Waals surface area (Å²) < 4.78 is 0. The second-order valence-electron chi connectivity index (χ2n) is 8.78. The summed E-state index contributed by atoms with van der Waals surface area (Å²) in [6, 6.07) is 16.1. The van der Waals surface area contributed by atoms with Gasteiger partial charge in [0, 0.05) is 37.8 Å². The Hall–Kier alpha value is -3.02. The number of nitrogens with one attached hydrogen (secondary N) is 3. The molecular weight excluding hydrogens is 388 g/mol. The SMILES string of the molecule is Cc1ccc(NC(=O)NCC2CCCN(C(=O)NCC3CCc4ccccc43)C2)cc1. The first kappa shape index (κ1) is 21.2. The maximum atomic E-state index is 12.7. The number of benzene rings is 2. The molecule has 1 saturated heterocycles. The van der Waals surface area contributed by atoms with Crippen molar-refractivity contribution < 1.29 is 9.59 Å². The summed E-state index contributed by atoms with van der Waals surface area (Å²) in [6.45, 7) is 4.73. The van der Waals surface area contributed by atoms with E-state index in [9.17, 15) is 9.59 Å². The summed E-state index contributed by atoms with van der Waals surface area (Å²) in [6.07, 6.45) is 4.18. The van der Waals surface area contributed by atoms with Gasteiger partial charge < -0.3 is 20.9 Å². The number of carbonyl (C=O) groups is 2. The Labute approximate surface area is 184 Å². The van der Waals surface area contributed by atoms with Gasteiger partial charge in [-0.3, -0.25) is 0 Å². The topological polar surface area (TPSA) is 73.5 Å². The van der Waals surface area contributed by atoms with Gasteiger partial charge in [-0.15, -0.1) is 0 Å². The average molecular weight is 421 g/mol. The molecule has 1 aliphatic heterocycles. The highest BCUT2D eigenvalue weighted by Crippen LogP contribution is 2.32. The van der Waals surface area contributed by atoms with E-state index in [2.05, 4.69) is 40.2 Å². The Morgan fingerprint density at radius 2 is 1.81 bits per heavy atom. The molecule has 1 aliphatic carbocycles. The molecule has 0 spiro atoms. The first-order valence-corrected chi connectivity index (χ1v) is 11.3. The van der Waals surface area contributed by atoms with Gasteiger partial charge in [-0.25, -0.2) is 9.59 Å². The van der Waals surface area contributed by atoms with Crippen LogP contribution in [0.2, 0.25) is 0 Å². The molecule has 6 nitrogen and oxygen atoms in total. The van der Waals surface area contributed by atoms with Crippen molar-refractivity contribution in [2.45, 2.75) is 38.5 Å². The minimum Gasteiger partial charge on any atom is -0.338 e. The van der Waals surface area contributed by atoms with Crippen molar-refractivity contribution in [1.82, 2.24) is 15.5 Å². The van der Waals surface area contributed by atoms with Crippen LogP contribution < -0.4 is 16.0 Å². The number of hydrogen-bond donors (Lipinski definition) is 3. The number of nitrogens with zero attached hydrogens (tertiary/aromatic N) is 1. The number of carbonyl (C=O) groups excluding carboxylic acids is 2. The van der Waals surface area contributed by atoms with E-state index in [1.165, 1.54) is 11.1 Å². The third kappa shape index (κ3) is 5.57. The standard InChI is InChI=1S/C25H32N4O2/c1-18-8-12-22(13-9-18)28-24(30)26-15-19-5-4-14-29(17-19)25(31)27-16-21-11-10-20-6-2-3-7-23(20)21/h2-3,6-9,12-13,19,21H,4-5,10-11,14-17H2,1H3,(H,27,31)(H2,26,28,30). The summed E-state index contributed by atoms with van der Waals surface area (Å²) in [5, 5.41) is 8.96. The molecule has 2 aromatic rings. The molecule has 0 aromatic heterocycles. The lowest BCUT2D eigenvalue weighted by Gasteiger charge is -2.33. The molecule has 2 unspecified atom stereocenters. The summed E-state index contributed by atoms with van der Waals surface area (Å²) in [4.78, 5) is 26.8. The molecule has 31 heavy (non-hydrogen) atoms. The van der Waals surface area contributed by atoms with Gasteiger partial charge in [-0.05, 0) is 61.8 Å². The van der Waals surface area contributed by atoms with Gasteiger partial charge in [-0.2, -0.15) is 0 Å². The third-order valence-electron chi connectivity index (χ3n) is 6.42. The second kappa shape index (κ2) is 9.86. The summed E-state index contributed by atoms with van der Waals surface area (Å²) in [7, 11) is 0. The molecule has 2 aliphatic rings. The van der Waals surface area contributed by atoms with Crippen LogP contribution in [0, 0.1) is 12.8 Å². The van der Waals surface area contributed by atoms with Crippen molar-refractivity contribution in [2.75, 3.05) is 31.5 Å². The number of amides is 4. The van der Waals surface area contributed by atoms with Gasteiger partial charge in [0.25, 0.3) is 0 Å². The molecule has 0 radical (unpaired) electrons. The van der Waals surface area contributed by atoms with Crippen molar-refractivity contribution >= 4 is 17.7 Å². The second-order valence-corrected chi connectivity index (χ2v) is 8.78. The molecule has 2 atom stereocenters. The molecule has 3 N–H and O–H groups in total. The van der Waals surface area contributed by atoms with Crippen molar-refractivity contribution in [2.24, 2.45) is 5.92 Å². The van der Waals surface area contributed by atoms with Gasteiger partial charge in [0.2, 0.25) is 0 Å². The van der Waals surface area contributed by atoms with E-state index in [0.29, 0.717) is 25.6 Å². The van der Waals surface area contributed by atoms with Crippen LogP contribution in [0.4, 0.5) is 15.3 Å². The molecule has 4 rings (SSSR count). The Bertz CT molecular complexity index is 912. The number of urea groups is 2. The van der Waals surface area contributed by atoms with Crippen LogP contribution in [0.5, 0.6) is 0 Å². The van der Waals surface area contributed by atoms with Gasteiger partial charge in [0.1, 0.15) is 0 Å². The summed E-state index contributed by atoms with van der Waals surface area (Å²) >= 11 is 0. The van der Waals surface area contributed by atoms with Gasteiger partial charge >= 0.3 is 12.1 Å². The van der Waals surface area contributed by atoms with Gasteiger partial charge in [0.05, 0.1) is 0 Å². The quantitative estimate of drug-likeness (QED) is 0.676. The summed E-state index contributed by atoms with van der Waals surface area (Å²) in [5.41, 5.74) is 4.72. The first-order valence-electron chi connectivity index (χ1n) is 11.3. The molecule has 164 valence electrons. The zero-order valence-corrected chi connectivity index (χ0v) is 18.2. The molecule has 6 heteroatoms. The predicted octanol–water partition coefficient (Wildman–Crippen LogP) is 4.27. The Morgan fingerprint density at radius 3 is 2.65 bits per heavy atom. The first-order chi connectivity index (χ1) is 15.1. The number of hydrogen-bond acceptors (Lipinski definition) is 2. The molecular formula is C25H32N4O2. The molecule has 1 fully saturated rings. The fraction of sp³-hybridized carbons (Fsp3) is 0.440. The van der Waals surface area contributed by atoms with E-state index in [4.69, 9.17) is 0 Å². The zero-order chi connectivity index (χ0) is 21.6. The van der Waals surface area contributed by atoms with Crippen LogP contribution in [0.25, 0.3) is 0 Å². The molecule has 0 bridgehead atoms. The highest BCUT2D eigenvalue weighted by atomic mass is 16.2. The van der Waals surface area contributed by atoms with E-state index in [1.54, 1.807) is 0 Å².